The van der Waals surface area contributed by atoms with Crippen molar-refractivity contribution in [3.63, 3.8) is 0 Å². The van der Waals surface area contributed by atoms with Crippen molar-refractivity contribution in [2.75, 3.05) is 11.1 Å². The summed E-state index contributed by atoms with van der Waals surface area (Å²) >= 11 is 2.72. The molecule has 9 heteroatoms. The minimum atomic E-state index is -0.108. The fourth-order valence-corrected chi connectivity index (χ4v) is 4.77. The standard InChI is InChI=1S/C20H21N5O2S2/c1-4-8-24-18(27)17-15(7-9-28-17)25-19(24)22-23-20(25)29-11-16(26)21-14-10-12(2)5-6-13(14)3/h5-7,9-10H,4,8,11H2,1-3H3,(H,21,26). The van der Waals surface area contributed by atoms with Crippen LogP contribution >= 0.6 is 23.1 Å². The van der Waals surface area contributed by atoms with Gasteiger partial charge in [-0.1, -0.05) is 30.8 Å². The zero-order valence-corrected chi connectivity index (χ0v) is 18.1. The quantitative estimate of drug-likeness (QED) is 0.473. The molecule has 29 heavy (non-hydrogen) atoms. The Morgan fingerprint density at radius 1 is 1.24 bits per heavy atom. The molecule has 0 aliphatic rings. The predicted octanol–water partition coefficient (Wildman–Crippen LogP) is 3.86. The van der Waals surface area contributed by atoms with Crippen LogP contribution in [-0.2, 0) is 11.3 Å². The second-order valence-electron chi connectivity index (χ2n) is 6.86. The van der Waals surface area contributed by atoms with Gasteiger partial charge in [-0.05, 0) is 48.9 Å². The number of thiophene rings is 1. The van der Waals surface area contributed by atoms with Crippen molar-refractivity contribution in [3.8, 4) is 0 Å². The summed E-state index contributed by atoms with van der Waals surface area (Å²) in [5, 5.41) is 14.0. The van der Waals surface area contributed by atoms with E-state index in [-0.39, 0.29) is 17.2 Å². The van der Waals surface area contributed by atoms with Crippen LogP contribution in [0, 0.1) is 13.8 Å². The summed E-state index contributed by atoms with van der Waals surface area (Å²) < 4.78 is 4.21. The first-order valence-electron chi connectivity index (χ1n) is 9.34. The third kappa shape index (κ3) is 3.67. The molecular formula is C20H21N5O2S2. The number of aromatic nitrogens is 4. The van der Waals surface area contributed by atoms with E-state index in [2.05, 4.69) is 15.5 Å². The Labute approximate surface area is 175 Å². The van der Waals surface area contributed by atoms with E-state index >= 15 is 0 Å². The van der Waals surface area contributed by atoms with Gasteiger partial charge < -0.3 is 5.32 Å². The van der Waals surface area contributed by atoms with Crippen LogP contribution in [0.15, 0.2) is 39.6 Å². The van der Waals surface area contributed by atoms with E-state index in [1.54, 1.807) is 4.57 Å². The topological polar surface area (TPSA) is 81.3 Å². The SMILES string of the molecule is CCCn1c(=O)c2sccc2n2c(SCC(=O)Nc3cc(C)ccc3C)nnc12. The summed E-state index contributed by atoms with van der Waals surface area (Å²) in [6, 6.07) is 7.87. The third-order valence-electron chi connectivity index (χ3n) is 4.63. The van der Waals surface area contributed by atoms with Gasteiger partial charge in [0.15, 0.2) is 5.16 Å². The number of hydrogen-bond acceptors (Lipinski definition) is 6. The number of aryl methyl sites for hydroxylation is 3. The van der Waals surface area contributed by atoms with E-state index in [0.29, 0.717) is 22.2 Å². The average molecular weight is 428 g/mol. The highest BCUT2D eigenvalue weighted by Crippen LogP contribution is 2.25. The van der Waals surface area contributed by atoms with Gasteiger partial charge in [-0.3, -0.25) is 18.6 Å². The second-order valence-corrected chi connectivity index (χ2v) is 8.72. The van der Waals surface area contributed by atoms with E-state index < -0.39 is 0 Å². The predicted molar refractivity (Wildman–Crippen MR) is 118 cm³/mol. The lowest BCUT2D eigenvalue weighted by Crippen LogP contribution is -2.22. The number of thioether (sulfide) groups is 1. The zero-order chi connectivity index (χ0) is 20.5. The molecule has 0 saturated heterocycles. The molecule has 150 valence electrons. The molecule has 0 radical (unpaired) electrons. The molecule has 0 aliphatic heterocycles. The molecule has 1 amide bonds. The number of rotatable bonds is 6. The van der Waals surface area contributed by atoms with Crippen LogP contribution in [0.5, 0.6) is 0 Å². The maximum absolute atomic E-state index is 12.8. The number of nitrogens with zero attached hydrogens (tertiary/aromatic N) is 4. The van der Waals surface area contributed by atoms with Gasteiger partial charge in [0.2, 0.25) is 11.7 Å². The van der Waals surface area contributed by atoms with Crippen molar-refractivity contribution < 1.29 is 4.79 Å². The number of nitrogens with one attached hydrogen (secondary N) is 1. The van der Waals surface area contributed by atoms with Gasteiger partial charge in [0.05, 0.1) is 11.3 Å². The molecule has 0 spiro atoms. The van der Waals surface area contributed by atoms with Gasteiger partial charge in [0, 0.05) is 12.2 Å². The zero-order valence-electron chi connectivity index (χ0n) is 16.4. The van der Waals surface area contributed by atoms with Crippen molar-refractivity contribution >= 4 is 50.7 Å². The fourth-order valence-electron chi connectivity index (χ4n) is 3.21. The number of anilines is 1. The van der Waals surface area contributed by atoms with E-state index in [9.17, 15) is 9.59 Å². The molecule has 0 atom stereocenters. The van der Waals surface area contributed by atoms with E-state index in [0.717, 1.165) is 28.8 Å². The van der Waals surface area contributed by atoms with Crippen LogP contribution in [0.3, 0.4) is 0 Å². The van der Waals surface area contributed by atoms with Crippen LogP contribution in [-0.4, -0.2) is 30.8 Å². The van der Waals surface area contributed by atoms with Gasteiger partial charge in [-0.2, -0.15) is 0 Å². The van der Waals surface area contributed by atoms with Crippen LogP contribution in [0.2, 0.25) is 0 Å². The molecule has 0 unspecified atom stereocenters. The molecule has 3 heterocycles. The van der Waals surface area contributed by atoms with E-state index in [1.807, 2.05) is 54.8 Å². The number of fused-ring (bicyclic) bond motifs is 3. The summed E-state index contributed by atoms with van der Waals surface area (Å²) in [6.07, 6.45) is 0.819. The van der Waals surface area contributed by atoms with Gasteiger partial charge >= 0.3 is 0 Å². The highest BCUT2D eigenvalue weighted by molar-refractivity contribution is 7.99. The Bertz CT molecular complexity index is 1270. The normalized spacial score (nSPS) is 11.4. The van der Waals surface area contributed by atoms with Crippen LogP contribution in [0.4, 0.5) is 5.69 Å². The Balaban J connectivity index is 1.63. The maximum Gasteiger partial charge on any atom is 0.272 e. The first kappa shape index (κ1) is 19.7. The molecule has 1 aromatic carbocycles. The highest BCUT2D eigenvalue weighted by atomic mass is 32.2. The summed E-state index contributed by atoms with van der Waals surface area (Å²) in [7, 11) is 0. The van der Waals surface area contributed by atoms with Gasteiger partial charge in [0.1, 0.15) is 4.70 Å². The van der Waals surface area contributed by atoms with Crippen molar-refractivity contribution in [1.29, 1.82) is 0 Å². The monoisotopic (exact) mass is 427 g/mol. The summed E-state index contributed by atoms with van der Waals surface area (Å²) in [5.74, 6) is 0.608. The van der Waals surface area contributed by atoms with Crippen LogP contribution < -0.4 is 10.9 Å². The smallest absolute Gasteiger partial charge is 0.272 e. The van der Waals surface area contributed by atoms with Gasteiger partial charge in [-0.25, -0.2) is 0 Å². The Morgan fingerprint density at radius 3 is 2.86 bits per heavy atom. The molecule has 0 aliphatic carbocycles. The fraction of sp³-hybridized carbons (Fsp3) is 0.300. The number of carbonyl (C=O) groups excluding carboxylic acids is 1. The molecule has 3 aromatic heterocycles. The van der Waals surface area contributed by atoms with Crippen molar-refractivity contribution in [2.45, 2.75) is 38.9 Å². The Kier molecular flexibility index (Phi) is 5.42. The Morgan fingerprint density at radius 2 is 2.07 bits per heavy atom. The summed E-state index contributed by atoms with van der Waals surface area (Å²) in [5.41, 5.74) is 3.67. The van der Waals surface area contributed by atoms with E-state index in [4.69, 9.17) is 0 Å². The first-order chi connectivity index (χ1) is 14.0. The first-order valence-corrected chi connectivity index (χ1v) is 11.2. The number of carbonyl (C=O) groups is 1. The lowest BCUT2D eigenvalue weighted by molar-refractivity contribution is -0.113. The van der Waals surface area contributed by atoms with Gasteiger partial charge in [-0.15, -0.1) is 21.5 Å². The molecule has 7 nitrogen and oxygen atoms in total. The minimum absolute atomic E-state index is 0.0408. The number of hydrogen-bond donors (Lipinski definition) is 1. The van der Waals surface area contributed by atoms with Gasteiger partial charge in [0.25, 0.3) is 5.56 Å². The van der Waals surface area contributed by atoms with Crippen LogP contribution in [0.1, 0.15) is 24.5 Å². The van der Waals surface area contributed by atoms with Crippen molar-refractivity contribution in [3.05, 3.63) is 51.1 Å². The molecule has 4 aromatic rings. The molecule has 4 rings (SSSR count). The molecule has 1 N–H and O–H groups in total. The van der Waals surface area contributed by atoms with Crippen molar-refractivity contribution in [1.82, 2.24) is 19.2 Å². The summed E-state index contributed by atoms with van der Waals surface area (Å²) in [4.78, 5) is 25.3. The lowest BCUT2D eigenvalue weighted by Gasteiger charge is -2.10. The highest BCUT2D eigenvalue weighted by Gasteiger charge is 2.18. The molecule has 0 saturated carbocycles. The summed E-state index contributed by atoms with van der Waals surface area (Å²) in [6.45, 7) is 6.56. The molecule has 0 fully saturated rings. The molecule has 0 bridgehead atoms. The third-order valence-corrected chi connectivity index (χ3v) is 6.45. The average Bonchev–Trinajstić information content (AvgIpc) is 3.33. The lowest BCUT2D eigenvalue weighted by atomic mass is 10.1. The number of benzene rings is 1. The minimum Gasteiger partial charge on any atom is -0.325 e. The second kappa shape index (κ2) is 8.00. The Hall–Kier alpha value is -2.65. The van der Waals surface area contributed by atoms with Crippen LogP contribution in [0.25, 0.3) is 16.0 Å². The van der Waals surface area contributed by atoms with E-state index in [1.165, 1.54) is 23.1 Å². The maximum atomic E-state index is 12.8. The molecular weight excluding hydrogens is 406 g/mol. The van der Waals surface area contributed by atoms with Crippen molar-refractivity contribution in [2.24, 2.45) is 0 Å². The largest absolute Gasteiger partial charge is 0.325 e. The number of amides is 1.